The third-order valence-corrected chi connectivity index (χ3v) is 8.17. The first-order valence-electron chi connectivity index (χ1n) is 13.6. The van der Waals surface area contributed by atoms with E-state index in [0.717, 1.165) is 50.7 Å². The third-order valence-electron chi connectivity index (χ3n) is 7.06. The number of hydrogen-bond donors (Lipinski definition) is 1. The van der Waals surface area contributed by atoms with E-state index >= 15 is 0 Å². The number of benzene rings is 2. The average molecular weight is 585 g/mol. The monoisotopic (exact) mass is 584 g/mol. The van der Waals surface area contributed by atoms with Gasteiger partial charge >= 0.3 is 0 Å². The Morgan fingerprint density at radius 3 is 2.55 bits per heavy atom. The summed E-state index contributed by atoms with van der Waals surface area (Å²) in [7, 11) is 0. The molecule has 0 radical (unpaired) electrons. The van der Waals surface area contributed by atoms with Crippen LogP contribution in [0.4, 0.5) is 15.9 Å². The maximum atomic E-state index is 14.2. The fourth-order valence-electron chi connectivity index (χ4n) is 4.88. The van der Waals surface area contributed by atoms with Crippen LogP contribution in [-0.2, 0) is 10.5 Å². The normalized spacial score (nSPS) is 16.2. The van der Waals surface area contributed by atoms with E-state index in [0.29, 0.717) is 60.0 Å². The van der Waals surface area contributed by atoms with Crippen molar-refractivity contribution in [1.29, 1.82) is 0 Å². The van der Waals surface area contributed by atoms with Gasteiger partial charge in [0.05, 0.1) is 18.9 Å². The molecule has 212 valence electrons. The SMILES string of the molecule is O=C(NCCCN1CCOCC1)c1cccc(CSc2nc(Cl)cc(N3CCN(c4ccccc4F)CC3)n2)c1. The van der Waals surface area contributed by atoms with Gasteiger partial charge in [0, 0.05) is 63.2 Å². The van der Waals surface area contributed by atoms with Crippen molar-refractivity contribution in [2.45, 2.75) is 17.3 Å². The number of carbonyl (C=O) groups is 1. The second kappa shape index (κ2) is 14.1. The molecule has 2 aromatic carbocycles. The summed E-state index contributed by atoms with van der Waals surface area (Å²) in [6.07, 6.45) is 0.911. The Morgan fingerprint density at radius 2 is 1.75 bits per heavy atom. The van der Waals surface area contributed by atoms with Crippen molar-refractivity contribution in [2.24, 2.45) is 0 Å². The van der Waals surface area contributed by atoms with E-state index in [2.05, 4.69) is 25.0 Å². The lowest BCUT2D eigenvalue weighted by Gasteiger charge is -2.36. The van der Waals surface area contributed by atoms with Crippen LogP contribution >= 0.6 is 23.4 Å². The highest BCUT2D eigenvalue weighted by Crippen LogP contribution is 2.27. The quantitative estimate of drug-likeness (QED) is 0.163. The van der Waals surface area contributed by atoms with Gasteiger partial charge in [-0.2, -0.15) is 0 Å². The Hall–Kier alpha value is -2.92. The molecule has 1 amide bonds. The van der Waals surface area contributed by atoms with Crippen LogP contribution < -0.4 is 15.1 Å². The number of hydrogen-bond acceptors (Lipinski definition) is 8. The molecular formula is C29H34ClFN6O2S. The molecule has 0 saturated carbocycles. The molecular weight excluding hydrogens is 551 g/mol. The van der Waals surface area contributed by atoms with Crippen LogP contribution in [0.1, 0.15) is 22.3 Å². The molecule has 3 aromatic rings. The van der Waals surface area contributed by atoms with Crippen molar-refractivity contribution in [3.63, 3.8) is 0 Å². The Labute approximate surface area is 243 Å². The Kier molecular flexibility index (Phi) is 10.1. The smallest absolute Gasteiger partial charge is 0.251 e. The van der Waals surface area contributed by atoms with E-state index in [1.165, 1.54) is 17.8 Å². The number of nitrogens with zero attached hydrogens (tertiary/aromatic N) is 5. The summed E-state index contributed by atoms with van der Waals surface area (Å²) < 4.78 is 19.6. The first-order valence-corrected chi connectivity index (χ1v) is 15.0. The lowest BCUT2D eigenvalue weighted by molar-refractivity contribution is 0.0374. The fourth-order valence-corrected chi connectivity index (χ4v) is 5.90. The summed E-state index contributed by atoms with van der Waals surface area (Å²) in [4.78, 5) is 28.4. The van der Waals surface area contributed by atoms with Gasteiger partial charge < -0.3 is 19.9 Å². The third kappa shape index (κ3) is 7.84. The van der Waals surface area contributed by atoms with E-state index in [4.69, 9.17) is 21.3 Å². The minimum Gasteiger partial charge on any atom is -0.379 e. The van der Waals surface area contributed by atoms with Gasteiger partial charge in [-0.3, -0.25) is 9.69 Å². The van der Waals surface area contributed by atoms with Gasteiger partial charge in [-0.15, -0.1) is 0 Å². The molecule has 11 heteroatoms. The summed E-state index contributed by atoms with van der Waals surface area (Å²) in [5.74, 6) is 1.11. The zero-order valence-electron chi connectivity index (χ0n) is 22.4. The second-order valence-electron chi connectivity index (χ2n) is 9.81. The molecule has 3 heterocycles. The number of aromatic nitrogens is 2. The fraction of sp³-hybridized carbons (Fsp3) is 0.414. The number of nitrogens with one attached hydrogen (secondary N) is 1. The number of carbonyl (C=O) groups excluding carboxylic acids is 1. The van der Waals surface area contributed by atoms with Crippen LogP contribution in [0.5, 0.6) is 0 Å². The maximum Gasteiger partial charge on any atom is 0.251 e. The van der Waals surface area contributed by atoms with Gasteiger partial charge in [-0.1, -0.05) is 47.6 Å². The highest BCUT2D eigenvalue weighted by Gasteiger charge is 2.21. The molecule has 1 N–H and O–H groups in total. The first kappa shape index (κ1) is 28.6. The van der Waals surface area contributed by atoms with E-state index in [9.17, 15) is 9.18 Å². The topological polar surface area (TPSA) is 73.8 Å². The maximum absolute atomic E-state index is 14.2. The number of morpholine rings is 1. The number of halogens is 2. The van der Waals surface area contributed by atoms with Gasteiger partial charge in [0.2, 0.25) is 0 Å². The van der Waals surface area contributed by atoms with E-state index in [-0.39, 0.29) is 11.7 Å². The lowest BCUT2D eigenvalue weighted by Crippen LogP contribution is -2.47. The Morgan fingerprint density at radius 1 is 0.975 bits per heavy atom. The van der Waals surface area contributed by atoms with E-state index < -0.39 is 0 Å². The van der Waals surface area contributed by atoms with E-state index in [1.807, 2.05) is 36.4 Å². The van der Waals surface area contributed by atoms with Gasteiger partial charge in [-0.05, 0) is 42.8 Å². The highest BCUT2D eigenvalue weighted by molar-refractivity contribution is 7.98. The Bertz CT molecular complexity index is 1290. The van der Waals surface area contributed by atoms with Crippen molar-refractivity contribution in [1.82, 2.24) is 20.2 Å². The summed E-state index contributed by atoms with van der Waals surface area (Å²) in [5, 5.41) is 4.00. The van der Waals surface area contributed by atoms with Gasteiger partial charge in [-0.25, -0.2) is 14.4 Å². The molecule has 2 fully saturated rings. The molecule has 2 aliphatic rings. The van der Waals surface area contributed by atoms with Crippen molar-refractivity contribution in [2.75, 3.05) is 75.4 Å². The molecule has 0 unspecified atom stereocenters. The highest BCUT2D eigenvalue weighted by atomic mass is 35.5. The number of rotatable bonds is 10. The predicted molar refractivity (Wildman–Crippen MR) is 158 cm³/mol. The molecule has 1 aromatic heterocycles. The van der Waals surface area contributed by atoms with E-state index in [1.54, 1.807) is 12.1 Å². The minimum absolute atomic E-state index is 0.0651. The molecule has 0 bridgehead atoms. The first-order chi connectivity index (χ1) is 19.5. The second-order valence-corrected chi connectivity index (χ2v) is 11.1. The predicted octanol–water partition coefficient (Wildman–Crippen LogP) is 4.34. The van der Waals surface area contributed by atoms with Gasteiger partial charge in [0.15, 0.2) is 5.16 Å². The van der Waals surface area contributed by atoms with Crippen molar-refractivity contribution in [3.8, 4) is 0 Å². The molecule has 40 heavy (non-hydrogen) atoms. The molecule has 8 nitrogen and oxygen atoms in total. The summed E-state index contributed by atoms with van der Waals surface area (Å²) in [6.45, 7) is 7.87. The van der Waals surface area contributed by atoms with Crippen LogP contribution in [0.3, 0.4) is 0 Å². The average Bonchev–Trinajstić information content (AvgIpc) is 2.99. The molecule has 2 saturated heterocycles. The number of thioether (sulfide) groups is 1. The van der Waals surface area contributed by atoms with Crippen molar-refractivity contribution in [3.05, 3.63) is 76.7 Å². The zero-order chi connectivity index (χ0) is 27.7. The standard InChI is InChI=1S/C29H34ClFN6O2S/c30-26-20-27(37-13-11-36(12-14-37)25-8-2-1-7-24(25)31)34-29(33-26)40-21-22-5-3-6-23(19-22)28(38)32-9-4-10-35-15-17-39-18-16-35/h1-3,5-8,19-20H,4,9-18,21H2,(H,32,38). The zero-order valence-corrected chi connectivity index (χ0v) is 24.0. The van der Waals surface area contributed by atoms with Crippen LogP contribution in [0.25, 0.3) is 0 Å². The summed E-state index contributed by atoms with van der Waals surface area (Å²) in [6, 6.07) is 16.3. The largest absolute Gasteiger partial charge is 0.379 e. The molecule has 5 rings (SSSR count). The molecule has 2 aliphatic heterocycles. The van der Waals surface area contributed by atoms with Crippen molar-refractivity contribution < 1.29 is 13.9 Å². The van der Waals surface area contributed by atoms with Crippen molar-refractivity contribution >= 4 is 40.8 Å². The summed E-state index contributed by atoms with van der Waals surface area (Å²) in [5.41, 5.74) is 2.28. The van der Waals surface area contributed by atoms with Crippen LogP contribution in [0, 0.1) is 5.82 Å². The van der Waals surface area contributed by atoms with Crippen LogP contribution in [-0.4, -0.2) is 86.3 Å². The minimum atomic E-state index is -0.204. The van der Waals surface area contributed by atoms with Gasteiger partial charge in [0.1, 0.15) is 16.8 Å². The van der Waals surface area contributed by atoms with Crippen LogP contribution in [0.15, 0.2) is 59.8 Å². The molecule has 0 spiro atoms. The Balaban J connectivity index is 1.12. The lowest BCUT2D eigenvalue weighted by atomic mass is 10.1. The molecule has 0 aliphatic carbocycles. The number of para-hydroxylation sites is 1. The number of piperazine rings is 1. The summed E-state index contributed by atoms with van der Waals surface area (Å²) >= 11 is 7.84. The molecule has 0 atom stereocenters. The van der Waals surface area contributed by atoms with Crippen LogP contribution in [0.2, 0.25) is 5.15 Å². The number of ether oxygens (including phenoxy) is 1. The number of anilines is 2. The van der Waals surface area contributed by atoms with Gasteiger partial charge in [0.25, 0.3) is 5.91 Å². The number of amides is 1.